The average molecular weight is 332 g/mol. The van der Waals surface area contributed by atoms with Crippen molar-refractivity contribution in [2.75, 3.05) is 46.9 Å². The lowest BCUT2D eigenvalue weighted by Crippen LogP contribution is -2.55. The van der Waals surface area contributed by atoms with E-state index in [9.17, 15) is 4.79 Å². The maximum absolute atomic E-state index is 12.3. The Balaban J connectivity index is 1.54. The summed E-state index contributed by atoms with van der Waals surface area (Å²) >= 11 is 0. The van der Waals surface area contributed by atoms with E-state index in [1.807, 2.05) is 0 Å². The summed E-state index contributed by atoms with van der Waals surface area (Å²) in [7, 11) is 4.24. The van der Waals surface area contributed by atoms with Gasteiger partial charge in [-0.3, -0.25) is 4.90 Å². The second-order valence-corrected chi connectivity index (χ2v) is 7.04. The molecule has 1 aromatic rings. The van der Waals surface area contributed by atoms with Crippen LogP contribution in [0.25, 0.3) is 0 Å². The number of nitrogens with one attached hydrogen (secondary N) is 2. The van der Waals surface area contributed by atoms with E-state index >= 15 is 0 Å². The molecule has 24 heavy (non-hydrogen) atoms. The number of ether oxygens (including phenoxy) is 1. The van der Waals surface area contributed by atoms with Gasteiger partial charge in [0.2, 0.25) is 0 Å². The molecule has 1 saturated heterocycles. The first-order valence-electron chi connectivity index (χ1n) is 8.61. The van der Waals surface area contributed by atoms with E-state index in [1.165, 1.54) is 5.56 Å². The SMILES string of the molecule is Cc1ccc2c(c1C)OC[C@H]2NC(=O)NC[C@H]1CN(C)CCN1C. The van der Waals surface area contributed by atoms with Crippen molar-refractivity contribution in [1.82, 2.24) is 20.4 Å². The highest BCUT2D eigenvalue weighted by atomic mass is 16.5. The molecule has 2 aliphatic rings. The molecule has 2 amide bonds. The first-order chi connectivity index (χ1) is 11.5. The van der Waals surface area contributed by atoms with Crippen LogP contribution in [0.1, 0.15) is 22.7 Å². The summed E-state index contributed by atoms with van der Waals surface area (Å²) in [5.74, 6) is 0.925. The van der Waals surface area contributed by atoms with Gasteiger partial charge in [-0.05, 0) is 39.1 Å². The lowest BCUT2D eigenvalue weighted by molar-refractivity contribution is 0.114. The predicted molar refractivity (Wildman–Crippen MR) is 94.6 cm³/mol. The summed E-state index contributed by atoms with van der Waals surface area (Å²) in [5.41, 5.74) is 3.44. The Morgan fingerprint density at radius 2 is 2.08 bits per heavy atom. The number of benzene rings is 1. The third-order valence-corrected chi connectivity index (χ3v) is 5.26. The minimum absolute atomic E-state index is 0.0777. The van der Waals surface area contributed by atoms with Gasteiger partial charge in [0.25, 0.3) is 0 Å². The maximum atomic E-state index is 12.3. The van der Waals surface area contributed by atoms with Crippen LogP contribution in [0.4, 0.5) is 4.79 Å². The van der Waals surface area contributed by atoms with Gasteiger partial charge in [-0.25, -0.2) is 4.79 Å². The molecule has 0 saturated carbocycles. The molecule has 1 aromatic carbocycles. The van der Waals surface area contributed by atoms with Crippen molar-refractivity contribution in [1.29, 1.82) is 0 Å². The van der Waals surface area contributed by atoms with Crippen molar-refractivity contribution in [3.63, 3.8) is 0 Å². The van der Waals surface area contributed by atoms with Crippen LogP contribution in [0.15, 0.2) is 12.1 Å². The third-order valence-electron chi connectivity index (χ3n) is 5.26. The van der Waals surface area contributed by atoms with Gasteiger partial charge in [0, 0.05) is 37.8 Å². The number of aryl methyl sites for hydroxylation is 1. The first-order valence-corrected chi connectivity index (χ1v) is 8.61. The molecule has 6 nitrogen and oxygen atoms in total. The molecule has 0 spiro atoms. The van der Waals surface area contributed by atoms with Crippen molar-refractivity contribution >= 4 is 6.03 Å². The van der Waals surface area contributed by atoms with E-state index in [4.69, 9.17) is 4.74 Å². The van der Waals surface area contributed by atoms with E-state index in [1.54, 1.807) is 0 Å². The predicted octanol–water partition coefficient (Wildman–Crippen LogP) is 1.28. The van der Waals surface area contributed by atoms with Crippen molar-refractivity contribution in [3.05, 3.63) is 28.8 Å². The van der Waals surface area contributed by atoms with Gasteiger partial charge in [0.15, 0.2) is 0 Å². The number of carbonyl (C=O) groups is 1. The molecule has 0 unspecified atom stereocenters. The molecule has 1 fully saturated rings. The highest BCUT2D eigenvalue weighted by Crippen LogP contribution is 2.36. The van der Waals surface area contributed by atoms with Crippen molar-refractivity contribution in [3.8, 4) is 5.75 Å². The number of hydrogen-bond donors (Lipinski definition) is 2. The van der Waals surface area contributed by atoms with Crippen LogP contribution in [-0.2, 0) is 0 Å². The number of carbonyl (C=O) groups excluding carboxylic acids is 1. The lowest BCUT2D eigenvalue weighted by Gasteiger charge is -2.37. The number of rotatable bonds is 3. The molecule has 0 radical (unpaired) electrons. The number of piperazine rings is 1. The van der Waals surface area contributed by atoms with Crippen LogP contribution in [0.5, 0.6) is 5.75 Å². The normalized spacial score (nSPS) is 24.3. The van der Waals surface area contributed by atoms with Gasteiger partial charge in [-0.15, -0.1) is 0 Å². The number of fused-ring (bicyclic) bond motifs is 1. The number of urea groups is 1. The zero-order valence-corrected chi connectivity index (χ0v) is 15.1. The molecule has 3 rings (SSSR count). The number of amides is 2. The van der Waals surface area contributed by atoms with Gasteiger partial charge in [0.1, 0.15) is 12.4 Å². The van der Waals surface area contributed by atoms with Crippen LogP contribution >= 0.6 is 0 Å². The van der Waals surface area contributed by atoms with Crippen LogP contribution < -0.4 is 15.4 Å². The third kappa shape index (κ3) is 3.49. The Labute approximate surface area is 144 Å². The van der Waals surface area contributed by atoms with Gasteiger partial charge >= 0.3 is 6.03 Å². The fraction of sp³-hybridized carbons (Fsp3) is 0.611. The molecular weight excluding hydrogens is 304 g/mol. The highest BCUT2D eigenvalue weighted by Gasteiger charge is 2.28. The smallest absolute Gasteiger partial charge is 0.315 e. The zero-order chi connectivity index (χ0) is 17.3. The highest BCUT2D eigenvalue weighted by molar-refractivity contribution is 5.75. The van der Waals surface area contributed by atoms with Crippen molar-refractivity contribution in [2.45, 2.75) is 25.9 Å². The summed E-state index contributed by atoms with van der Waals surface area (Å²) in [6.07, 6.45) is 0. The summed E-state index contributed by atoms with van der Waals surface area (Å²) in [6, 6.07) is 4.29. The second-order valence-electron chi connectivity index (χ2n) is 7.04. The van der Waals surface area contributed by atoms with E-state index in [0.29, 0.717) is 19.2 Å². The standard InChI is InChI=1S/C18H28N4O2/c1-12-5-6-15-16(11-24-17(15)13(12)2)20-18(23)19-9-14-10-21(3)7-8-22(14)4/h5-6,14,16H,7-11H2,1-4H3,(H2,19,20,23)/t14-,16+/m0/s1. The minimum atomic E-state index is -0.128. The Hall–Kier alpha value is -1.79. The molecular formula is C18H28N4O2. The fourth-order valence-corrected chi connectivity index (χ4v) is 3.39. The number of nitrogens with zero attached hydrogens (tertiary/aromatic N) is 2. The topological polar surface area (TPSA) is 56.8 Å². The van der Waals surface area contributed by atoms with E-state index in [-0.39, 0.29) is 12.1 Å². The molecule has 132 valence electrons. The molecule has 0 bridgehead atoms. The molecule has 6 heteroatoms. The fourth-order valence-electron chi connectivity index (χ4n) is 3.39. The van der Waals surface area contributed by atoms with Gasteiger partial charge in [0.05, 0.1) is 6.04 Å². The zero-order valence-electron chi connectivity index (χ0n) is 15.1. The summed E-state index contributed by atoms with van der Waals surface area (Å²) in [5, 5.41) is 6.05. The summed E-state index contributed by atoms with van der Waals surface area (Å²) < 4.78 is 5.79. The average Bonchev–Trinajstić information content (AvgIpc) is 2.95. The van der Waals surface area contributed by atoms with E-state index < -0.39 is 0 Å². The van der Waals surface area contributed by atoms with Crippen molar-refractivity contribution in [2.24, 2.45) is 0 Å². The van der Waals surface area contributed by atoms with Crippen LogP contribution in [0, 0.1) is 13.8 Å². The molecule has 2 N–H and O–H groups in total. The maximum Gasteiger partial charge on any atom is 0.315 e. The Bertz CT molecular complexity index is 619. The Kier molecular flexibility index (Phi) is 4.96. The molecule has 0 aromatic heterocycles. The quantitative estimate of drug-likeness (QED) is 0.876. The van der Waals surface area contributed by atoms with Crippen LogP contribution in [-0.4, -0.2) is 68.8 Å². The Morgan fingerprint density at radius 1 is 1.29 bits per heavy atom. The van der Waals surface area contributed by atoms with E-state index in [0.717, 1.165) is 36.5 Å². The van der Waals surface area contributed by atoms with Gasteiger partial charge in [-0.2, -0.15) is 0 Å². The molecule has 0 aliphatic carbocycles. The minimum Gasteiger partial charge on any atom is -0.490 e. The van der Waals surface area contributed by atoms with Gasteiger partial charge in [-0.1, -0.05) is 12.1 Å². The number of likely N-dealkylation sites (N-methyl/N-ethyl adjacent to an activating group) is 2. The van der Waals surface area contributed by atoms with E-state index in [2.05, 4.69) is 60.5 Å². The van der Waals surface area contributed by atoms with Crippen LogP contribution in [0.2, 0.25) is 0 Å². The monoisotopic (exact) mass is 332 g/mol. The van der Waals surface area contributed by atoms with Crippen molar-refractivity contribution < 1.29 is 9.53 Å². The van der Waals surface area contributed by atoms with Gasteiger partial charge < -0.3 is 20.3 Å². The first kappa shape index (κ1) is 17.0. The summed E-state index contributed by atoms with van der Waals surface area (Å²) in [6.45, 7) is 8.38. The molecule has 2 heterocycles. The Morgan fingerprint density at radius 3 is 2.88 bits per heavy atom. The largest absolute Gasteiger partial charge is 0.490 e. The lowest BCUT2D eigenvalue weighted by atomic mass is 10.0. The number of hydrogen-bond acceptors (Lipinski definition) is 4. The summed E-state index contributed by atoms with van der Waals surface area (Å²) in [4.78, 5) is 16.9. The molecule has 2 aliphatic heterocycles. The second kappa shape index (κ2) is 6.99. The van der Waals surface area contributed by atoms with Crippen LogP contribution in [0.3, 0.4) is 0 Å². The molecule has 2 atom stereocenters.